The topological polar surface area (TPSA) is 30.5 Å². The molecule has 4 heteroatoms. The molecule has 1 saturated heterocycles. The molecule has 1 unspecified atom stereocenters. The van der Waals surface area contributed by atoms with E-state index >= 15 is 0 Å². The van der Waals surface area contributed by atoms with E-state index in [9.17, 15) is 0 Å². The molecule has 2 fully saturated rings. The van der Waals surface area contributed by atoms with Crippen LogP contribution in [0.25, 0.3) is 0 Å². The summed E-state index contributed by atoms with van der Waals surface area (Å²) >= 11 is 6.05. The summed E-state index contributed by atoms with van der Waals surface area (Å²) in [4.78, 5) is 0. The molecule has 1 aromatic rings. The van der Waals surface area contributed by atoms with Crippen molar-refractivity contribution in [2.24, 2.45) is 0 Å². The van der Waals surface area contributed by atoms with Crippen molar-refractivity contribution in [1.29, 1.82) is 0 Å². The average Bonchev–Trinajstić information content (AvgIpc) is 3.09. The van der Waals surface area contributed by atoms with Crippen LogP contribution in [0.5, 0.6) is 0 Å². The normalized spacial score (nSPS) is 24.0. The number of benzene rings is 1. The van der Waals surface area contributed by atoms with Gasteiger partial charge in [-0.3, -0.25) is 0 Å². The van der Waals surface area contributed by atoms with Crippen LogP contribution in [0.15, 0.2) is 24.3 Å². The fourth-order valence-electron chi connectivity index (χ4n) is 3.84. The highest BCUT2D eigenvalue weighted by Crippen LogP contribution is 2.37. The Balaban J connectivity index is 1.51. The van der Waals surface area contributed by atoms with E-state index in [1.54, 1.807) is 0 Å². The van der Waals surface area contributed by atoms with Gasteiger partial charge in [0.25, 0.3) is 0 Å². The molecule has 1 aliphatic carbocycles. The van der Waals surface area contributed by atoms with E-state index < -0.39 is 0 Å². The Bertz CT molecular complexity index is 465. The molecule has 0 amide bonds. The summed E-state index contributed by atoms with van der Waals surface area (Å²) in [6.07, 6.45) is 8.93. The van der Waals surface area contributed by atoms with Crippen LogP contribution in [0.1, 0.15) is 50.5 Å². The largest absolute Gasteiger partial charge is 0.377 e. The van der Waals surface area contributed by atoms with Gasteiger partial charge in [0.15, 0.2) is 0 Å². The summed E-state index contributed by atoms with van der Waals surface area (Å²) in [7, 11) is 0. The molecule has 0 bridgehead atoms. The molecule has 1 aromatic carbocycles. The highest BCUT2D eigenvalue weighted by molar-refractivity contribution is 6.30. The van der Waals surface area contributed by atoms with Crippen molar-refractivity contribution in [1.82, 2.24) is 5.32 Å². The molecule has 1 N–H and O–H groups in total. The Labute approximate surface area is 144 Å². The van der Waals surface area contributed by atoms with Gasteiger partial charge in [-0.1, -0.05) is 43.0 Å². The molecule has 1 heterocycles. The zero-order chi connectivity index (χ0) is 16.0. The Kier molecular flexibility index (Phi) is 6.35. The second-order valence-electron chi connectivity index (χ2n) is 6.79. The molecule has 2 aliphatic rings. The maximum Gasteiger partial charge on any atom is 0.0809 e. The smallest absolute Gasteiger partial charge is 0.0809 e. The van der Waals surface area contributed by atoms with Crippen molar-refractivity contribution in [2.75, 3.05) is 26.4 Å². The Morgan fingerprint density at radius 1 is 1.13 bits per heavy atom. The molecule has 1 atom stereocenters. The van der Waals surface area contributed by atoms with Gasteiger partial charge in [0.1, 0.15) is 0 Å². The van der Waals surface area contributed by atoms with Crippen molar-refractivity contribution in [3.8, 4) is 0 Å². The highest BCUT2D eigenvalue weighted by Gasteiger charge is 2.33. The minimum atomic E-state index is 0.0933. The lowest BCUT2D eigenvalue weighted by Crippen LogP contribution is -2.45. The minimum absolute atomic E-state index is 0.0933. The van der Waals surface area contributed by atoms with Crippen molar-refractivity contribution in [3.05, 3.63) is 34.9 Å². The molecular formula is C19H28ClNO2. The molecule has 23 heavy (non-hydrogen) atoms. The second kappa shape index (κ2) is 8.48. The first-order valence-corrected chi connectivity index (χ1v) is 9.37. The predicted molar refractivity (Wildman–Crippen MR) is 94.0 cm³/mol. The molecule has 3 rings (SSSR count). The molecule has 128 valence electrons. The number of rotatable bonds is 7. The van der Waals surface area contributed by atoms with Gasteiger partial charge in [-0.2, -0.15) is 0 Å². The van der Waals surface area contributed by atoms with Gasteiger partial charge in [0, 0.05) is 23.7 Å². The third kappa shape index (κ3) is 4.69. The van der Waals surface area contributed by atoms with Crippen LogP contribution in [0.4, 0.5) is 0 Å². The van der Waals surface area contributed by atoms with E-state index in [4.69, 9.17) is 21.1 Å². The summed E-state index contributed by atoms with van der Waals surface area (Å²) in [5.41, 5.74) is 1.46. The number of nitrogens with one attached hydrogen (secondary N) is 1. The lowest BCUT2D eigenvalue weighted by atomic mass is 9.76. The van der Waals surface area contributed by atoms with Crippen molar-refractivity contribution in [2.45, 2.75) is 56.6 Å². The third-order valence-electron chi connectivity index (χ3n) is 5.14. The van der Waals surface area contributed by atoms with E-state index in [-0.39, 0.29) is 5.54 Å². The minimum Gasteiger partial charge on any atom is -0.377 e. The summed E-state index contributed by atoms with van der Waals surface area (Å²) in [5, 5.41) is 4.59. The number of hydrogen-bond donors (Lipinski definition) is 1. The van der Waals surface area contributed by atoms with Gasteiger partial charge >= 0.3 is 0 Å². The van der Waals surface area contributed by atoms with Gasteiger partial charge in [-0.15, -0.1) is 0 Å². The average molecular weight is 338 g/mol. The molecular weight excluding hydrogens is 310 g/mol. The van der Waals surface area contributed by atoms with Crippen LogP contribution >= 0.6 is 11.6 Å². The third-order valence-corrected chi connectivity index (χ3v) is 5.39. The van der Waals surface area contributed by atoms with Crippen LogP contribution in [0.2, 0.25) is 5.02 Å². The number of halogens is 1. The standard InChI is InChI=1S/C19H28ClNO2/c20-17-8-6-16(7-9-17)19(10-2-1-3-11-19)21-12-14-22-15-18-5-4-13-23-18/h6-9,18,21H,1-5,10-15H2. The van der Waals surface area contributed by atoms with E-state index in [0.717, 1.165) is 37.8 Å². The van der Waals surface area contributed by atoms with Gasteiger partial charge < -0.3 is 14.8 Å². The summed E-state index contributed by atoms with van der Waals surface area (Å²) < 4.78 is 11.4. The van der Waals surface area contributed by atoms with Crippen LogP contribution in [0.3, 0.4) is 0 Å². The molecule has 0 radical (unpaired) electrons. The summed E-state index contributed by atoms with van der Waals surface area (Å²) in [6.45, 7) is 3.26. The van der Waals surface area contributed by atoms with Crippen molar-refractivity contribution < 1.29 is 9.47 Å². The van der Waals surface area contributed by atoms with E-state index in [0.29, 0.717) is 6.10 Å². The monoisotopic (exact) mass is 337 g/mol. The van der Waals surface area contributed by atoms with E-state index in [1.807, 2.05) is 12.1 Å². The number of hydrogen-bond acceptors (Lipinski definition) is 3. The Morgan fingerprint density at radius 2 is 1.91 bits per heavy atom. The molecule has 1 saturated carbocycles. The van der Waals surface area contributed by atoms with Crippen LogP contribution in [-0.4, -0.2) is 32.5 Å². The molecule has 0 spiro atoms. The first-order valence-electron chi connectivity index (χ1n) is 8.99. The lowest BCUT2D eigenvalue weighted by molar-refractivity contribution is 0.0159. The summed E-state index contributed by atoms with van der Waals surface area (Å²) in [6, 6.07) is 8.35. The molecule has 0 aromatic heterocycles. The lowest BCUT2D eigenvalue weighted by Gasteiger charge is -2.39. The van der Waals surface area contributed by atoms with Gasteiger partial charge in [0.05, 0.1) is 19.3 Å². The SMILES string of the molecule is Clc1ccc(C2(NCCOCC3CCCO3)CCCCC2)cc1. The highest BCUT2D eigenvalue weighted by atomic mass is 35.5. The zero-order valence-electron chi connectivity index (χ0n) is 13.9. The maximum absolute atomic E-state index is 6.05. The maximum atomic E-state index is 6.05. The van der Waals surface area contributed by atoms with Crippen molar-refractivity contribution >= 4 is 11.6 Å². The van der Waals surface area contributed by atoms with Crippen LogP contribution < -0.4 is 5.32 Å². The Morgan fingerprint density at radius 3 is 2.61 bits per heavy atom. The van der Waals surface area contributed by atoms with Crippen molar-refractivity contribution in [3.63, 3.8) is 0 Å². The Hall–Kier alpha value is -0.610. The van der Waals surface area contributed by atoms with Gasteiger partial charge in [0.2, 0.25) is 0 Å². The first kappa shape index (κ1) is 17.2. The fourth-order valence-corrected chi connectivity index (χ4v) is 3.97. The number of ether oxygens (including phenoxy) is 2. The van der Waals surface area contributed by atoms with Crippen LogP contribution in [-0.2, 0) is 15.0 Å². The quantitative estimate of drug-likeness (QED) is 0.753. The second-order valence-corrected chi connectivity index (χ2v) is 7.22. The van der Waals surface area contributed by atoms with Gasteiger partial charge in [-0.05, 0) is 43.4 Å². The first-order chi connectivity index (χ1) is 11.3. The van der Waals surface area contributed by atoms with E-state index in [2.05, 4.69) is 17.4 Å². The predicted octanol–water partition coefficient (Wildman–Crippen LogP) is 4.28. The fraction of sp³-hybridized carbons (Fsp3) is 0.684. The van der Waals surface area contributed by atoms with Crippen LogP contribution in [0, 0.1) is 0 Å². The van der Waals surface area contributed by atoms with E-state index in [1.165, 1.54) is 44.1 Å². The zero-order valence-corrected chi connectivity index (χ0v) is 14.6. The summed E-state index contributed by atoms with van der Waals surface area (Å²) in [5.74, 6) is 0. The van der Waals surface area contributed by atoms with Gasteiger partial charge in [-0.25, -0.2) is 0 Å². The molecule has 3 nitrogen and oxygen atoms in total. The molecule has 1 aliphatic heterocycles.